The van der Waals surface area contributed by atoms with E-state index in [1.807, 2.05) is 6.92 Å². The lowest BCUT2D eigenvalue weighted by Gasteiger charge is -2.29. The molecule has 1 aliphatic heterocycles. The van der Waals surface area contributed by atoms with Crippen LogP contribution in [0.3, 0.4) is 0 Å². The number of rotatable bonds is 10. The Bertz CT molecular complexity index is 801. The molecule has 0 unspecified atom stereocenters. The molecule has 0 saturated carbocycles. The molecule has 1 aromatic carbocycles. The summed E-state index contributed by atoms with van der Waals surface area (Å²) in [5, 5.41) is 0. The molecule has 2 amide bonds. The van der Waals surface area contributed by atoms with Gasteiger partial charge in [-0.3, -0.25) is 9.59 Å². The largest absolute Gasteiger partial charge is 0.467 e. The molecule has 1 saturated heterocycles. The van der Waals surface area contributed by atoms with Gasteiger partial charge in [-0.05, 0) is 49.1 Å². The van der Waals surface area contributed by atoms with Gasteiger partial charge in [-0.25, -0.2) is 4.39 Å². The summed E-state index contributed by atoms with van der Waals surface area (Å²) in [7, 11) is 0. The average molecular weight is 416 g/mol. The van der Waals surface area contributed by atoms with Crippen molar-refractivity contribution in [3.05, 3.63) is 59.8 Å². The first-order chi connectivity index (χ1) is 14.5. The van der Waals surface area contributed by atoms with Crippen LogP contribution in [-0.4, -0.2) is 47.4 Å². The molecule has 6 nitrogen and oxygen atoms in total. The Labute approximate surface area is 176 Å². The number of ether oxygens (including phenoxy) is 1. The summed E-state index contributed by atoms with van der Waals surface area (Å²) < 4.78 is 24.4. The third-order valence-electron chi connectivity index (χ3n) is 5.16. The van der Waals surface area contributed by atoms with Crippen molar-refractivity contribution in [2.75, 3.05) is 19.7 Å². The normalized spacial score (nSPS) is 15.9. The van der Waals surface area contributed by atoms with E-state index in [0.717, 1.165) is 24.8 Å². The molecule has 1 atom stereocenters. The number of carbonyl (C=O) groups excluding carboxylic acids is 2. The monoisotopic (exact) mass is 416 g/mol. The first kappa shape index (κ1) is 22.0. The number of carbonyl (C=O) groups is 2. The molecule has 0 bridgehead atoms. The van der Waals surface area contributed by atoms with Crippen LogP contribution in [0.4, 0.5) is 4.39 Å². The Morgan fingerprint density at radius 2 is 1.90 bits per heavy atom. The number of nitrogens with zero attached hydrogens (tertiary/aromatic N) is 2. The van der Waals surface area contributed by atoms with Crippen molar-refractivity contribution in [3.8, 4) is 0 Å². The van der Waals surface area contributed by atoms with Crippen molar-refractivity contribution in [2.24, 2.45) is 0 Å². The zero-order valence-electron chi connectivity index (χ0n) is 17.4. The lowest BCUT2D eigenvalue weighted by Crippen LogP contribution is -2.45. The Balaban J connectivity index is 1.72. The minimum atomic E-state index is -0.324. The fraction of sp³-hybridized carbons (Fsp3) is 0.478. The van der Waals surface area contributed by atoms with E-state index in [9.17, 15) is 14.0 Å². The highest BCUT2D eigenvalue weighted by atomic mass is 19.1. The average Bonchev–Trinajstić information content (AvgIpc) is 3.43. The van der Waals surface area contributed by atoms with Gasteiger partial charge in [-0.2, -0.15) is 0 Å². The predicted molar refractivity (Wildman–Crippen MR) is 110 cm³/mol. The molecule has 1 aromatic heterocycles. The van der Waals surface area contributed by atoms with Crippen LogP contribution in [0, 0.1) is 5.82 Å². The van der Waals surface area contributed by atoms with Crippen LogP contribution >= 0.6 is 0 Å². The number of furan rings is 1. The van der Waals surface area contributed by atoms with Crippen molar-refractivity contribution in [3.63, 3.8) is 0 Å². The minimum Gasteiger partial charge on any atom is -0.467 e. The lowest BCUT2D eigenvalue weighted by atomic mass is 10.2. The minimum absolute atomic E-state index is 0.0133. The lowest BCUT2D eigenvalue weighted by molar-refractivity contribution is -0.142. The summed E-state index contributed by atoms with van der Waals surface area (Å²) >= 11 is 0. The molecule has 3 rings (SSSR count). The van der Waals surface area contributed by atoms with Crippen LogP contribution in [0.1, 0.15) is 43.9 Å². The van der Waals surface area contributed by atoms with E-state index < -0.39 is 0 Å². The quantitative estimate of drug-likeness (QED) is 0.592. The van der Waals surface area contributed by atoms with E-state index in [1.54, 1.807) is 40.3 Å². The van der Waals surface area contributed by atoms with Crippen LogP contribution in [0.5, 0.6) is 0 Å². The molecule has 162 valence electrons. The zero-order chi connectivity index (χ0) is 21.3. The molecular weight excluding hydrogens is 387 g/mol. The van der Waals surface area contributed by atoms with E-state index in [1.165, 1.54) is 12.1 Å². The maximum atomic E-state index is 13.3. The molecule has 0 spiro atoms. The van der Waals surface area contributed by atoms with Gasteiger partial charge in [0.15, 0.2) is 0 Å². The van der Waals surface area contributed by atoms with Crippen molar-refractivity contribution in [1.82, 2.24) is 9.80 Å². The highest BCUT2D eigenvalue weighted by molar-refractivity contribution is 5.84. The molecular formula is C23H29FN2O4. The Hall–Kier alpha value is -2.67. The third kappa shape index (κ3) is 6.42. The summed E-state index contributed by atoms with van der Waals surface area (Å²) in [6.45, 7) is 3.64. The van der Waals surface area contributed by atoms with Crippen LogP contribution < -0.4 is 0 Å². The summed E-state index contributed by atoms with van der Waals surface area (Å²) in [4.78, 5) is 29.1. The number of hydrogen-bond acceptors (Lipinski definition) is 4. The molecule has 1 aliphatic rings. The van der Waals surface area contributed by atoms with E-state index in [0.29, 0.717) is 31.9 Å². The molecule has 0 aliphatic carbocycles. The maximum Gasteiger partial charge on any atom is 0.242 e. The number of halogens is 1. The standard InChI is InChI=1S/C23H29FN2O4/c1-2-5-22(27)26(16-21-7-4-13-30-21)17-23(28)25(15-20-6-3-12-29-20)14-18-8-10-19(24)11-9-18/h3,6,8-12,21H,2,4-5,7,13-17H2,1H3/t21-/m1/s1. The van der Waals surface area contributed by atoms with Crippen LogP contribution in [0.2, 0.25) is 0 Å². The van der Waals surface area contributed by atoms with Crippen LogP contribution in [0.15, 0.2) is 47.1 Å². The van der Waals surface area contributed by atoms with Gasteiger partial charge in [0.25, 0.3) is 0 Å². The van der Waals surface area contributed by atoms with E-state index in [2.05, 4.69) is 0 Å². The van der Waals surface area contributed by atoms with Crippen molar-refractivity contribution < 1.29 is 23.1 Å². The number of amides is 2. The maximum absolute atomic E-state index is 13.3. The molecule has 0 radical (unpaired) electrons. The Kier molecular flexibility index (Phi) is 8.02. The Morgan fingerprint density at radius 1 is 1.10 bits per heavy atom. The van der Waals surface area contributed by atoms with Crippen molar-refractivity contribution in [2.45, 2.75) is 51.8 Å². The SMILES string of the molecule is CCCC(=O)N(CC(=O)N(Cc1ccc(F)cc1)Cc1ccco1)C[C@H]1CCCO1. The highest BCUT2D eigenvalue weighted by Gasteiger charge is 2.26. The van der Waals surface area contributed by atoms with Gasteiger partial charge in [0.1, 0.15) is 11.6 Å². The number of benzene rings is 1. The van der Waals surface area contributed by atoms with Crippen molar-refractivity contribution >= 4 is 11.8 Å². The number of hydrogen-bond donors (Lipinski definition) is 0. The van der Waals surface area contributed by atoms with Crippen LogP contribution in [-0.2, 0) is 27.4 Å². The van der Waals surface area contributed by atoms with Gasteiger partial charge in [-0.1, -0.05) is 19.1 Å². The summed E-state index contributed by atoms with van der Waals surface area (Å²) in [6.07, 6.45) is 4.54. The van der Waals surface area contributed by atoms with Crippen molar-refractivity contribution in [1.29, 1.82) is 0 Å². The smallest absolute Gasteiger partial charge is 0.242 e. The second-order valence-corrected chi connectivity index (χ2v) is 7.61. The molecule has 30 heavy (non-hydrogen) atoms. The van der Waals surface area contributed by atoms with Gasteiger partial charge < -0.3 is 19.0 Å². The molecule has 2 aromatic rings. The predicted octanol–water partition coefficient (Wildman–Crippen LogP) is 3.76. The van der Waals surface area contributed by atoms with Gasteiger partial charge in [0.2, 0.25) is 11.8 Å². The topological polar surface area (TPSA) is 63.0 Å². The second-order valence-electron chi connectivity index (χ2n) is 7.61. The summed E-state index contributed by atoms with van der Waals surface area (Å²) in [5.74, 6) is 0.103. The van der Waals surface area contributed by atoms with E-state index in [-0.39, 0.29) is 36.8 Å². The Morgan fingerprint density at radius 3 is 2.53 bits per heavy atom. The molecule has 7 heteroatoms. The first-order valence-electron chi connectivity index (χ1n) is 10.5. The van der Waals surface area contributed by atoms with E-state index >= 15 is 0 Å². The van der Waals surface area contributed by atoms with Gasteiger partial charge in [0.05, 0.1) is 25.5 Å². The zero-order valence-corrected chi connectivity index (χ0v) is 17.4. The molecule has 2 heterocycles. The fourth-order valence-corrected chi connectivity index (χ4v) is 3.56. The summed E-state index contributed by atoms with van der Waals surface area (Å²) in [5.41, 5.74) is 0.807. The molecule has 1 fully saturated rings. The van der Waals surface area contributed by atoms with Crippen LogP contribution in [0.25, 0.3) is 0 Å². The third-order valence-corrected chi connectivity index (χ3v) is 5.16. The highest BCUT2D eigenvalue weighted by Crippen LogP contribution is 2.16. The second kappa shape index (κ2) is 10.9. The molecule has 0 N–H and O–H groups in total. The van der Waals surface area contributed by atoms with Gasteiger partial charge in [0, 0.05) is 26.1 Å². The fourth-order valence-electron chi connectivity index (χ4n) is 3.56. The van der Waals surface area contributed by atoms with Gasteiger partial charge >= 0.3 is 0 Å². The van der Waals surface area contributed by atoms with E-state index in [4.69, 9.17) is 9.15 Å². The van der Waals surface area contributed by atoms with Gasteiger partial charge in [-0.15, -0.1) is 0 Å². The first-order valence-corrected chi connectivity index (χ1v) is 10.5. The summed E-state index contributed by atoms with van der Waals surface area (Å²) in [6, 6.07) is 9.63.